The minimum atomic E-state index is -1.10. The van der Waals surface area contributed by atoms with Crippen LogP contribution < -0.4 is 9.47 Å². The van der Waals surface area contributed by atoms with E-state index in [9.17, 15) is 9.59 Å². The number of aliphatic carboxylic acids is 1. The summed E-state index contributed by atoms with van der Waals surface area (Å²) in [6.45, 7) is 3.95. The van der Waals surface area contributed by atoms with E-state index in [0.29, 0.717) is 22.8 Å². The summed E-state index contributed by atoms with van der Waals surface area (Å²) in [5.74, 6) is -0.0622. The minimum Gasteiger partial charge on any atom is -0.493 e. The summed E-state index contributed by atoms with van der Waals surface area (Å²) in [6.07, 6.45) is 2.60. The predicted molar refractivity (Wildman–Crippen MR) is 98.9 cm³/mol. The maximum Gasteiger partial charge on any atom is 0.323 e. The van der Waals surface area contributed by atoms with Crippen LogP contribution in [-0.2, 0) is 16.0 Å². The van der Waals surface area contributed by atoms with E-state index in [1.54, 1.807) is 6.08 Å². The lowest BCUT2D eigenvalue weighted by Crippen LogP contribution is -2.33. The van der Waals surface area contributed by atoms with Crippen molar-refractivity contribution in [1.82, 2.24) is 4.90 Å². The van der Waals surface area contributed by atoms with Crippen molar-refractivity contribution in [2.75, 3.05) is 13.2 Å². The number of amides is 1. The first-order chi connectivity index (χ1) is 11.9. The van der Waals surface area contributed by atoms with Gasteiger partial charge in [-0.25, -0.2) is 0 Å². The van der Waals surface area contributed by atoms with E-state index in [4.69, 9.17) is 26.8 Å². The number of carbonyl (C=O) groups is 2. The number of nitrogens with zero attached hydrogens (tertiary/aromatic N) is 1. The van der Waals surface area contributed by atoms with Crippen molar-refractivity contribution in [2.45, 2.75) is 26.4 Å². The molecule has 0 saturated carbocycles. The molecule has 0 spiro atoms. The number of hydrogen-bond donors (Lipinski definition) is 1. The number of carboxylic acids is 1. The molecule has 2 aliphatic heterocycles. The van der Waals surface area contributed by atoms with Crippen LogP contribution in [0.25, 0.3) is 6.08 Å². The Morgan fingerprint density at radius 2 is 2.32 bits per heavy atom. The third-order valence-electron chi connectivity index (χ3n) is 3.78. The second-order valence-corrected chi connectivity index (χ2v) is 7.40. The van der Waals surface area contributed by atoms with Crippen LogP contribution in [0.2, 0.25) is 0 Å². The van der Waals surface area contributed by atoms with Gasteiger partial charge in [0.2, 0.25) is 0 Å². The Bertz CT molecular complexity index is 789. The average molecular weight is 379 g/mol. The molecule has 2 heterocycles. The fourth-order valence-corrected chi connectivity index (χ4v) is 4.01. The molecular formula is C17H17NO5S2. The quantitative estimate of drug-likeness (QED) is 0.623. The first-order valence-electron chi connectivity index (χ1n) is 7.82. The number of carbonyl (C=O) groups excluding carboxylic acids is 1. The van der Waals surface area contributed by atoms with Crippen LogP contribution in [0.4, 0.5) is 0 Å². The van der Waals surface area contributed by atoms with Gasteiger partial charge in [-0.1, -0.05) is 24.0 Å². The van der Waals surface area contributed by atoms with Gasteiger partial charge in [-0.3, -0.25) is 14.5 Å². The second-order valence-electron chi connectivity index (χ2n) is 5.72. The topological polar surface area (TPSA) is 76.1 Å². The number of rotatable bonds is 5. The van der Waals surface area contributed by atoms with Crippen molar-refractivity contribution < 1.29 is 24.2 Å². The standard InChI is InChI=1S/C17H17NO5S2/c1-3-22-12-5-10-4-9(2)23-13(10)6-11(12)7-14-16(21)18(8-15(19)20)17(24)25-14/h5-7,9H,3-4,8H2,1-2H3,(H,19,20). The molecule has 1 aromatic rings. The van der Waals surface area contributed by atoms with Crippen molar-refractivity contribution in [3.63, 3.8) is 0 Å². The third kappa shape index (κ3) is 3.64. The molecule has 1 amide bonds. The molecule has 0 radical (unpaired) electrons. The first kappa shape index (κ1) is 17.8. The number of ether oxygens (including phenoxy) is 2. The van der Waals surface area contributed by atoms with Crippen LogP contribution in [0.5, 0.6) is 11.5 Å². The molecule has 1 fully saturated rings. The zero-order valence-corrected chi connectivity index (χ0v) is 15.4. The fourth-order valence-electron chi connectivity index (χ4n) is 2.76. The van der Waals surface area contributed by atoms with Crippen LogP contribution in [0.1, 0.15) is 25.0 Å². The van der Waals surface area contributed by atoms with Gasteiger partial charge in [0.05, 0.1) is 11.5 Å². The van der Waals surface area contributed by atoms with Crippen LogP contribution in [-0.4, -0.2) is 45.5 Å². The number of carboxylic acid groups (broad SMARTS) is 1. The number of thiocarbonyl (C=S) groups is 1. The van der Waals surface area contributed by atoms with Crippen molar-refractivity contribution in [3.05, 3.63) is 28.2 Å². The molecular weight excluding hydrogens is 362 g/mol. The smallest absolute Gasteiger partial charge is 0.323 e. The molecule has 132 valence electrons. The second kappa shape index (κ2) is 7.05. The Labute approximate surface area is 154 Å². The van der Waals surface area contributed by atoms with Crippen LogP contribution in [0.3, 0.4) is 0 Å². The Kier molecular flexibility index (Phi) is 5.01. The molecule has 1 N–H and O–H groups in total. The highest BCUT2D eigenvalue weighted by atomic mass is 32.2. The molecule has 6 nitrogen and oxygen atoms in total. The lowest BCUT2D eigenvalue weighted by Gasteiger charge is -2.11. The largest absolute Gasteiger partial charge is 0.493 e. The fraction of sp³-hybridized carbons (Fsp3) is 0.353. The van der Waals surface area contributed by atoms with Gasteiger partial charge in [-0.05, 0) is 32.1 Å². The lowest BCUT2D eigenvalue weighted by molar-refractivity contribution is -0.140. The molecule has 0 aromatic heterocycles. The van der Waals surface area contributed by atoms with Crippen molar-refractivity contribution in [2.24, 2.45) is 0 Å². The maximum atomic E-state index is 12.4. The number of benzene rings is 1. The number of hydrogen-bond acceptors (Lipinski definition) is 6. The van der Waals surface area contributed by atoms with Gasteiger partial charge < -0.3 is 14.6 Å². The van der Waals surface area contributed by atoms with Crippen LogP contribution in [0, 0.1) is 0 Å². The summed E-state index contributed by atoms with van der Waals surface area (Å²) in [5, 5.41) is 8.91. The monoisotopic (exact) mass is 379 g/mol. The molecule has 2 aliphatic rings. The van der Waals surface area contributed by atoms with E-state index in [-0.39, 0.29) is 10.4 Å². The third-order valence-corrected chi connectivity index (χ3v) is 5.16. The molecule has 0 aliphatic carbocycles. The Hall–Kier alpha value is -2.06. The van der Waals surface area contributed by atoms with E-state index in [2.05, 4.69) is 0 Å². The van der Waals surface area contributed by atoms with Crippen molar-refractivity contribution in [1.29, 1.82) is 0 Å². The van der Waals surface area contributed by atoms with Gasteiger partial charge in [0.1, 0.15) is 28.5 Å². The number of thioether (sulfide) groups is 1. The molecule has 0 bridgehead atoms. The Morgan fingerprint density at radius 1 is 1.56 bits per heavy atom. The van der Waals surface area contributed by atoms with Crippen molar-refractivity contribution >= 4 is 46.3 Å². The van der Waals surface area contributed by atoms with E-state index in [1.807, 2.05) is 26.0 Å². The molecule has 1 unspecified atom stereocenters. The van der Waals surface area contributed by atoms with E-state index in [0.717, 1.165) is 34.4 Å². The summed E-state index contributed by atoms with van der Waals surface area (Å²) in [6, 6.07) is 3.79. The zero-order valence-electron chi connectivity index (χ0n) is 13.8. The Morgan fingerprint density at radius 3 is 3.00 bits per heavy atom. The van der Waals surface area contributed by atoms with E-state index >= 15 is 0 Å². The number of fused-ring (bicyclic) bond motifs is 1. The van der Waals surface area contributed by atoms with Crippen LogP contribution >= 0.6 is 24.0 Å². The summed E-state index contributed by atoms with van der Waals surface area (Å²) in [7, 11) is 0. The zero-order chi connectivity index (χ0) is 18.1. The highest BCUT2D eigenvalue weighted by Gasteiger charge is 2.33. The van der Waals surface area contributed by atoms with Gasteiger partial charge in [0.25, 0.3) is 5.91 Å². The SMILES string of the molecule is CCOc1cc2c(cc1C=C1SC(=S)N(CC(=O)O)C1=O)OC(C)C2. The summed E-state index contributed by atoms with van der Waals surface area (Å²) in [4.78, 5) is 24.8. The van der Waals surface area contributed by atoms with Crippen LogP contribution in [0.15, 0.2) is 17.0 Å². The summed E-state index contributed by atoms with van der Waals surface area (Å²) in [5.41, 5.74) is 1.79. The van der Waals surface area contributed by atoms with Gasteiger partial charge in [-0.15, -0.1) is 0 Å². The lowest BCUT2D eigenvalue weighted by atomic mass is 10.1. The molecule has 1 saturated heterocycles. The van der Waals surface area contributed by atoms with Crippen molar-refractivity contribution in [3.8, 4) is 11.5 Å². The van der Waals surface area contributed by atoms with Gasteiger partial charge in [-0.2, -0.15) is 0 Å². The highest BCUT2D eigenvalue weighted by molar-refractivity contribution is 8.26. The van der Waals surface area contributed by atoms with Gasteiger partial charge in [0.15, 0.2) is 0 Å². The van der Waals surface area contributed by atoms with Gasteiger partial charge in [0, 0.05) is 17.5 Å². The molecule has 1 aromatic carbocycles. The molecule has 25 heavy (non-hydrogen) atoms. The first-order valence-corrected chi connectivity index (χ1v) is 9.05. The Balaban J connectivity index is 1.95. The average Bonchev–Trinajstić information content (AvgIpc) is 3.01. The van der Waals surface area contributed by atoms with E-state index < -0.39 is 18.4 Å². The highest BCUT2D eigenvalue weighted by Crippen LogP contribution is 2.39. The minimum absolute atomic E-state index is 0.105. The maximum absolute atomic E-state index is 12.4. The normalized spacial score (nSPS) is 20.8. The summed E-state index contributed by atoms with van der Waals surface area (Å²) >= 11 is 6.20. The predicted octanol–water partition coefficient (Wildman–Crippen LogP) is 2.69. The summed E-state index contributed by atoms with van der Waals surface area (Å²) < 4.78 is 11.7. The molecule has 1 atom stereocenters. The molecule has 8 heteroatoms. The van der Waals surface area contributed by atoms with Gasteiger partial charge >= 0.3 is 5.97 Å². The molecule has 3 rings (SSSR count). The van der Waals surface area contributed by atoms with E-state index in [1.165, 1.54) is 0 Å².